The number of halogens is 6. The Labute approximate surface area is 150 Å². The first kappa shape index (κ1) is 17.1. The summed E-state index contributed by atoms with van der Waals surface area (Å²) < 4.78 is 0. The predicted molar refractivity (Wildman–Crippen MR) is 89.1 cm³/mol. The van der Waals surface area contributed by atoms with Crippen LogP contribution in [-0.2, 0) is 6.42 Å². The highest BCUT2D eigenvalue weighted by Crippen LogP contribution is 2.44. The number of rotatable bonds is 2. The zero-order valence-corrected chi connectivity index (χ0v) is 14.6. The van der Waals surface area contributed by atoms with E-state index in [2.05, 4.69) is 0 Å². The van der Waals surface area contributed by atoms with E-state index in [0.717, 1.165) is 0 Å². The van der Waals surface area contributed by atoms with Gasteiger partial charge in [0.25, 0.3) is 0 Å². The van der Waals surface area contributed by atoms with Gasteiger partial charge in [0.15, 0.2) is 11.5 Å². The quantitative estimate of drug-likeness (QED) is 0.589. The van der Waals surface area contributed by atoms with Crippen molar-refractivity contribution in [2.24, 2.45) is 0 Å². The highest BCUT2D eigenvalue weighted by Gasteiger charge is 2.20. The second-order valence-corrected chi connectivity index (χ2v) is 6.52. The second-order valence-electron chi connectivity index (χ2n) is 4.14. The summed E-state index contributed by atoms with van der Waals surface area (Å²) in [6.07, 6.45) is 0.0881. The van der Waals surface area contributed by atoms with E-state index in [9.17, 15) is 10.2 Å². The van der Waals surface area contributed by atoms with Crippen LogP contribution in [0.3, 0.4) is 0 Å². The van der Waals surface area contributed by atoms with Gasteiger partial charge < -0.3 is 10.2 Å². The van der Waals surface area contributed by atoms with Gasteiger partial charge in [0.1, 0.15) is 0 Å². The van der Waals surface area contributed by atoms with Gasteiger partial charge in [0.05, 0.1) is 20.1 Å². The van der Waals surface area contributed by atoms with Crippen molar-refractivity contribution in [2.45, 2.75) is 6.42 Å². The van der Waals surface area contributed by atoms with Gasteiger partial charge in [-0.1, -0.05) is 69.6 Å². The van der Waals surface area contributed by atoms with Crippen LogP contribution in [0.5, 0.6) is 11.5 Å². The molecule has 0 aliphatic rings. The van der Waals surface area contributed by atoms with Crippen LogP contribution in [0, 0.1) is 0 Å². The highest BCUT2D eigenvalue weighted by atomic mass is 35.5. The fourth-order valence-corrected chi connectivity index (χ4v) is 3.53. The van der Waals surface area contributed by atoms with Crippen LogP contribution in [0.25, 0.3) is 0 Å². The molecule has 0 amide bonds. The number of hydrogen-bond acceptors (Lipinski definition) is 2. The van der Waals surface area contributed by atoms with Crippen LogP contribution < -0.4 is 0 Å². The third-order valence-corrected chi connectivity index (χ3v) is 4.90. The van der Waals surface area contributed by atoms with Crippen LogP contribution in [0.2, 0.25) is 30.1 Å². The van der Waals surface area contributed by atoms with E-state index in [1.165, 1.54) is 12.1 Å². The maximum atomic E-state index is 9.77. The predicted octanol–water partition coefficient (Wildman–Crippen LogP) is 6.61. The fraction of sp³-hybridized carbons (Fsp3) is 0.0769. The van der Waals surface area contributed by atoms with Gasteiger partial charge in [-0.2, -0.15) is 0 Å². The standard InChI is InChI=1S/C13H6Cl6O2/c14-6-2-8(16)12(20)10(18)4(6)1-5-7(15)3-9(17)13(21)11(5)19/h2-3,20-21H,1H2. The van der Waals surface area contributed by atoms with Crippen molar-refractivity contribution < 1.29 is 10.2 Å². The molecular weight excluding hydrogens is 401 g/mol. The monoisotopic (exact) mass is 404 g/mol. The van der Waals surface area contributed by atoms with E-state index >= 15 is 0 Å². The van der Waals surface area contributed by atoms with Crippen molar-refractivity contribution in [3.05, 3.63) is 53.4 Å². The molecule has 0 atom stereocenters. The van der Waals surface area contributed by atoms with Crippen molar-refractivity contribution >= 4 is 69.6 Å². The van der Waals surface area contributed by atoms with E-state index in [1.807, 2.05) is 0 Å². The SMILES string of the molecule is Oc1c(Cl)cc(Cl)c(Cc2c(Cl)cc(Cl)c(O)c2Cl)c1Cl. The van der Waals surface area contributed by atoms with Crippen molar-refractivity contribution in [1.82, 2.24) is 0 Å². The van der Waals surface area contributed by atoms with Crippen molar-refractivity contribution in [3.8, 4) is 11.5 Å². The summed E-state index contributed by atoms with van der Waals surface area (Å²) in [5.41, 5.74) is 0.761. The average molecular weight is 407 g/mol. The van der Waals surface area contributed by atoms with E-state index in [0.29, 0.717) is 11.1 Å². The fourth-order valence-electron chi connectivity index (χ4n) is 1.74. The summed E-state index contributed by atoms with van der Waals surface area (Å²) in [7, 11) is 0. The Kier molecular flexibility index (Phi) is 5.30. The van der Waals surface area contributed by atoms with Crippen LogP contribution in [0.4, 0.5) is 0 Å². The number of hydrogen-bond donors (Lipinski definition) is 2. The Balaban J connectivity index is 2.59. The molecule has 0 aliphatic heterocycles. The lowest BCUT2D eigenvalue weighted by Gasteiger charge is -2.14. The molecule has 0 spiro atoms. The summed E-state index contributed by atoms with van der Waals surface area (Å²) in [6, 6.07) is 2.72. The smallest absolute Gasteiger partial charge is 0.153 e. The number of benzene rings is 2. The van der Waals surface area contributed by atoms with E-state index in [4.69, 9.17) is 69.6 Å². The minimum Gasteiger partial charge on any atom is -0.505 e. The lowest BCUT2D eigenvalue weighted by molar-refractivity contribution is 0.475. The zero-order valence-electron chi connectivity index (χ0n) is 10.0. The molecule has 2 aromatic carbocycles. The average Bonchev–Trinajstić information content (AvgIpc) is 2.42. The van der Waals surface area contributed by atoms with Gasteiger partial charge in [0, 0.05) is 16.5 Å². The van der Waals surface area contributed by atoms with Crippen LogP contribution in [0.1, 0.15) is 11.1 Å². The molecule has 0 heterocycles. The molecule has 0 fully saturated rings. The van der Waals surface area contributed by atoms with Gasteiger partial charge in [-0.3, -0.25) is 0 Å². The third-order valence-electron chi connectivity index (χ3n) is 2.84. The minimum atomic E-state index is -0.289. The summed E-state index contributed by atoms with van der Waals surface area (Å²) in [4.78, 5) is 0. The van der Waals surface area contributed by atoms with Gasteiger partial charge >= 0.3 is 0 Å². The lowest BCUT2D eigenvalue weighted by Crippen LogP contribution is -1.95. The largest absolute Gasteiger partial charge is 0.505 e. The van der Waals surface area contributed by atoms with Gasteiger partial charge in [-0.25, -0.2) is 0 Å². The Hall–Kier alpha value is -0.220. The van der Waals surface area contributed by atoms with E-state index in [-0.39, 0.29) is 48.1 Å². The number of aromatic hydroxyl groups is 2. The van der Waals surface area contributed by atoms with Gasteiger partial charge in [-0.15, -0.1) is 0 Å². The van der Waals surface area contributed by atoms with Crippen molar-refractivity contribution in [1.29, 1.82) is 0 Å². The molecule has 2 nitrogen and oxygen atoms in total. The number of phenols is 2. The van der Waals surface area contributed by atoms with Crippen LogP contribution in [-0.4, -0.2) is 10.2 Å². The maximum absolute atomic E-state index is 9.77. The first-order valence-corrected chi connectivity index (χ1v) is 7.71. The molecule has 0 unspecified atom stereocenters. The molecule has 0 saturated heterocycles. The molecule has 0 aliphatic carbocycles. The molecule has 2 aromatic rings. The molecule has 0 saturated carbocycles. The van der Waals surface area contributed by atoms with Gasteiger partial charge in [0.2, 0.25) is 0 Å². The van der Waals surface area contributed by atoms with Crippen LogP contribution in [0.15, 0.2) is 12.1 Å². The highest BCUT2D eigenvalue weighted by molar-refractivity contribution is 6.42. The molecule has 8 heteroatoms. The van der Waals surface area contributed by atoms with E-state index < -0.39 is 0 Å². The molecule has 2 N–H and O–H groups in total. The van der Waals surface area contributed by atoms with Crippen molar-refractivity contribution in [3.63, 3.8) is 0 Å². The molecule has 0 aromatic heterocycles. The van der Waals surface area contributed by atoms with Crippen molar-refractivity contribution in [2.75, 3.05) is 0 Å². The molecule has 21 heavy (non-hydrogen) atoms. The zero-order chi connectivity index (χ0) is 15.9. The first-order chi connectivity index (χ1) is 9.73. The molecule has 112 valence electrons. The van der Waals surface area contributed by atoms with Crippen LogP contribution >= 0.6 is 69.6 Å². The summed E-state index contributed by atoms with van der Waals surface area (Å²) in [6.45, 7) is 0. The maximum Gasteiger partial charge on any atom is 0.153 e. The Morgan fingerprint density at radius 2 is 0.952 bits per heavy atom. The molecular formula is C13H6Cl6O2. The Bertz CT molecular complexity index is 668. The topological polar surface area (TPSA) is 40.5 Å². The Morgan fingerprint density at radius 3 is 1.29 bits per heavy atom. The molecule has 0 bridgehead atoms. The first-order valence-electron chi connectivity index (χ1n) is 5.44. The minimum absolute atomic E-state index is 0.00549. The lowest BCUT2D eigenvalue weighted by atomic mass is 10.0. The second kappa shape index (κ2) is 6.49. The summed E-state index contributed by atoms with van der Waals surface area (Å²) >= 11 is 35.8. The summed E-state index contributed by atoms with van der Waals surface area (Å²) in [5, 5.41) is 20.1. The molecule has 2 rings (SSSR count). The third kappa shape index (κ3) is 3.26. The normalized spacial score (nSPS) is 11.0. The molecule has 0 radical (unpaired) electrons. The Morgan fingerprint density at radius 1 is 0.619 bits per heavy atom. The van der Waals surface area contributed by atoms with Gasteiger partial charge in [-0.05, 0) is 23.3 Å². The van der Waals surface area contributed by atoms with E-state index in [1.54, 1.807) is 0 Å². The summed E-state index contributed by atoms with van der Waals surface area (Å²) in [5.74, 6) is -0.577. The number of phenolic OH excluding ortho intramolecular Hbond substituents is 2.